The Morgan fingerprint density at radius 3 is 2.42 bits per heavy atom. The first-order chi connectivity index (χ1) is 8.83. The third kappa shape index (κ3) is 5.25. The van der Waals surface area contributed by atoms with Gasteiger partial charge in [-0.3, -0.25) is 4.79 Å². The first kappa shape index (κ1) is 15.4. The first-order valence-corrected chi connectivity index (χ1v) is 5.52. The minimum atomic E-state index is -4.56. The van der Waals surface area contributed by atoms with E-state index in [-0.39, 0.29) is 5.56 Å². The number of carbonyl (C=O) groups excluding carboxylic acids is 1. The Morgan fingerprint density at radius 1 is 1.26 bits per heavy atom. The van der Waals surface area contributed by atoms with Crippen molar-refractivity contribution in [3.05, 3.63) is 35.6 Å². The third-order valence-corrected chi connectivity index (χ3v) is 2.39. The number of alkyl halides is 3. The van der Waals surface area contributed by atoms with E-state index in [0.29, 0.717) is 4.90 Å². The van der Waals surface area contributed by atoms with E-state index in [1.165, 1.54) is 18.2 Å². The van der Waals surface area contributed by atoms with Crippen LogP contribution < -0.4 is 0 Å². The van der Waals surface area contributed by atoms with E-state index in [1.54, 1.807) is 0 Å². The second-order valence-corrected chi connectivity index (χ2v) is 3.92. The molecule has 1 aromatic carbocycles. The average molecular weight is 279 g/mol. The van der Waals surface area contributed by atoms with E-state index in [9.17, 15) is 22.4 Å². The zero-order valence-corrected chi connectivity index (χ0v) is 9.95. The lowest BCUT2D eigenvalue weighted by atomic mass is 10.1. The molecule has 1 rings (SSSR count). The van der Waals surface area contributed by atoms with Crippen molar-refractivity contribution in [2.24, 2.45) is 0 Å². The van der Waals surface area contributed by atoms with E-state index in [2.05, 4.69) is 0 Å². The van der Waals surface area contributed by atoms with Crippen LogP contribution in [0.1, 0.15) is 5.56 Å². The molecular formula is C12H13F4NO2. The number of hydrogen-bond acceptors (Lipinski definition) is 2. The number of amides is 1. The fourth-order valence-electron chi connectivity index (χ4n) is 1.55. The standard InChI is InChI=1S/C12H13F4NO2/c13-10-4-2-1-3-9(10)7-11(19)17(5-6-18)8-12(14,15)16/h1-4,18H,5-8H2. The smallest absolute Gasteiger partial charge is 0.395 e. The van der Waals surface area contributed by atoms with Crippen molar-refractivity contribution in [1.82, 2.24) is 4.90 Å². The fourth-order valence-corrected chi connectivity index (χ4v) is 1.55. The van der Waals surface area contributed by atoms with Gasteiger partial charge in [0, 0.05) is 6.54 Å². The maximum Gasteiger partial charge on any atom is 0.406 e. The van der Waals surface area contributed by atoms with Gasteiger partial charge in [-0.05, 0) is 11.6 Å². The molecule has 0 aliphatic carbocycles. The number of benzene rings is 1. The Balaban J connectivity index is 2.75. The predicted molar refractivity (Wildman–Crippen MR) is 59.8 cm³/mol. The van der Waals surface area contributed by atoms with Crippen LogP contribution in [0.15, 0.2) is 24.3 Å². The molecule has 0 saturated carbocycles. The lowest BCUT2D eigenvalue weighted by Gasteiger charge is -2.23. The molecule has 0 atom stereocenters. The van der Waals surface area contributed by atoms with Crippen molar-refractivity contribution in [3.63, 3.8) is 0 Å². The summed E-state index contributed by atoms with van der Waals surface area (Å²) in [7, 11) is 0. The molecule has 0 aliphatic heterocycles. The molecule has 0 unspecified atom stereocenters. The van der Waals surface area contributed by atoms with Gasteiger partial charge in [-0.15, -0.1) is 0 Å². The Kier molecular flexibility index (Phi) is 5.29. The van der Waals surface area contributed by atoms with Crippen LogP contribution in [0.4, 0.5) is 17.6 Å². The number of carbonyl (C=O) groups is 1. The summed E-state index contributed by atoms with van der Waals surface area (Å²) in [6.07, 6.45) is -5.02. The number of nitrogens with zero attached hydrogens (tertiary/aromatic N) is 1. The minimum Gasteiger partial charge on any atom is -0.395 e. The van der Waals surface area contributed by atoms with E-state index in [1.807, 2.05) is 0 Å². The lowest BCUT2D eigenvalue weighted by molar-refractivity contribution is -0.161. The molecule has 0 aliphatic rings. The molecule has 0 fully saturated rings. The van der Waals surface area contributed by atoms with Crippen LogP contribution in [0.25, 0.3) is 0 Å². The summed E-state index contributed by atoms with van der Waals surface area (Å²) in [4.78, 5) is 12.1. The molecule has 0 spiro atoms. The summed E-state index contributed by atoms with van der Waals surface area (Å²) in [6.45, 7) is -2.48. The van der Waals surface area contributed by atoms with Crippen LogP contribution in [-0.4, -0.2) is 41.8 Å². The van der Waals surface area contributed by atoms with Crippen LogP contribution in [0, 0.1) is 5.82 Å². The largest absolute Gasteiger partial charge is 0.406 e. The molecule has 0 radical (unpaired) electrons. The van der Waals surface area contributed by atoms with Crippen molar-refractivity contribution in [1.29, 1.82) is 0 Å². The molecule has 1 N–H and O–H groups in total. The lowest BCUT2D eigenvalue weighted by Crippen LogP contribution is -2.41. The Labute approximate surface area is 107 Å². The van der Waals surface area contributed by atoms with Gasteiger partial charge in [-0.25, -0.2) is 4.39 Å². The van der Waals surface area contributed by atoms with E-state index in [4.69, 9.17) is 5.11 Å². The van der Waals surface area contributed by atoms with Gasteiger partial charge >= 0.3 is 6.18 Å². The van der Waals surface area contributed by atoms with E-state index < -0.39 is 44.0 Å². The number of aliphatic hydroxyl groups excluding tert-OH is 1. The Morgan fingerprint density at radius 2 is 1.89 bits per heavy atom. The fraction of sp³-hybridized carbons (Fsp3) is 0.417. The molecule has 0 aromatic heterocycles. The highest BCUT2D eigenvalue weighted by atomic mass is 19.4. The highest BCUT2D eigenvalue weighted by molar-refractivity contribution is 5.78. The Hall–Kier alpha value is -1.63. The topological polar surface area (TPSA) is 40.5 Å². The van der Waals surface area contributed by atoms with Crippen molar-refractivity contribution in [3.8, 4) is 0 Å². The predicted octanol–water partition coefficient (Wildman–Crippen LogP) is 1.75. The number of halogens is 4. The highest BCUT2D eigenvalue weighted by Gasteiger charge is 2.32. The number of hydrogen-bond donors (Lipinski definition) is 1. The van der Waals surface area contributed by atoms with Gasteiger partial charge in [-0.2, -0.15) is 13.2 Å². The monoisotopic (exact) mass is 279 g/mol. The zero-order valence-electron chi connectivity index (χ0n) is 9.95. The summed E-state index contributed by atoms with van der Waals surface area (Å²) in [6, 6.07) is 5.37. The van der Waals surface area contributed by atoms with Crippen molar-refractivity contribution in [2.45, 2.75) is 12.6 Å². The van der Waals surface area contributed by atoms with Crippen LogP contribution in [0.5, 0.6) is 0 Å². The maximum absolute atomic E-state index is 13.3. The molecule has 1 amide bonds. The first-order valence-electron chi connectivity index (χ1n) is 5.52. The second kappa shape index (κ2) is 6.51. The van der Waals surface area contributed by atoms with Crippen LogP contribution in [-0.2, 0) is 11.2 Å². The average Bonchev–Trinajstić information content (AvgIpc) is 2.30. The summed E-state index contributed by atoms with van der Waals surface area (Å²) in [5.74, 6) is -1.52. The van der Waals surface area contributed by atoms with Gasteiger partial charge < -0.3 is 10.0 Å². The summed E-state index contributed by atoms with van der Waals surface area (Å²) >= 11 is 0. The van der Waals surface area contributed by atoms with Gasteiger partial charge in [0.25, 0.3) is 0 Å². The second-order valence-electron chi connectivity index (χ2n) is 3.92. The quantitative estimate of drug-likeness (QED) is 0.834. The molecule has 3 nitrogen and oxygen atoms in total. The molecule has 0 saturated heterocycles. The molecule has 7 heteroatoms. The zero-order chi connectivity index (χ0) is 14.5. The van der Waals surface area contributed by atoms with E-state index >= 15 is 0 Å². The van der Waals surface area contributed by atoms with Crippen LogP contribution in [0.2, 0.25) is 0 Å². The third-order valence-electron chi connectivity index (χ3n) is 2.39. The summed E-state index contributed by atoms with van der Waals surface area (Å²) in [5.41, 5.74) is 0.0256. The summed E-state index contributed by atoms with van der Waals surface area (Å²) in [5, 5.41) is 8.67. The molecule has 0 bridgehead atoms. The minimum absolute atomic E-state index is 0.0256. The van der Waals surface area contributed by atoms with Gasteiger partial charge in [-0.1, -0.05) is 18.2 Å². The molecule has 106 valence electrons. The van der Waals surface area contributed by atoms with E-state index in [0.717, 1.165) is 6.07 Å². The number of aliphatic hydroxyl groups is 1. The van der Waals surface area contributed by atoms with Crippen molar-refractivity contribution in [2.75, 3.05) is 19.7 Å². The van der Waals surface area contributed by atoms with Gasteiger partial charge in [0.1, 0.15) is 12.4 Å². The van der Waals surface area contributed by atoms with Gasteiger partial charge in [0.05, 0.1) is 13.0 Å². The maximum atomic E-state index is 13.3. The normalized spacial score (nSPS) is 11.4. The molecular weight excluding hydrogens is 266 g/mol. The van der Waals surface area contributed by atoms with Crippen molar-refractivity contribution < 1.29 is 27.5 Å². The SMILES string of the molecule is O=C(Cc1ccccc1F)N(CCO)CC(F)(F)F. The molecule has 0 heterocycles. The van der Waals surface area contributed by atoms with Crippen LogP contribution >= 0.6 is 0 Å². The number of rotatable bonds is 5. The van der Waals surface area contributed by atoms with Crippen molar-refractivity contribution >= 4 is 5.91 Å². The van der Waals surface area contributed by atoms with Gasteiger partial charge in [0.2, 0.25) is 5.91 Å². The molecule has 19 heavy (non-hydrogen) atoms. The highest BCUT2D eigenvalue weighted by Crippen LogP contribution is 2.17. The Bertz CT molecular complexity index is 434. The van der Waals surface area contributed by atoms with Crippen LogP contribution in [0.3, 0.4) is 0 Å². The van der Waals surface area contributed by atoms with Gasteiger partial charge in [0.15, 0.2) is 0 Å². The molecule has 1 aromatic rings. The summed E-state index contributed by atoms with van der Waals surface area (Å²) < 4.78 is 50.1.